The first kappa shape index (κ1) is 25.9. The Labute approximate surface area is 231 Å². The lowest BCUT2D eigenvalue weighted by Gasteiger charge is -2.25. The third-order valence-electron chi connectivity index (χ3n) is 9.14. The van der Waals surface area contributed by atoms with Crippen molar-refractivity contribution in [2.24, 2.45) is 11.3 Å². The molecule has 3 nitrogen and oxygen atoms in total. The maximum atomic E-state index is 15.0. The number of benzene rings is 3. The SMILES string of the molecule is CCOC(=O)[C@H]1C[C@@]12CCc1ccc(OCc3ccc(-c4cc(C)ccc4F)c(C4=CCCC4(C)C)c3)cc12. The number of ether oxygens (including phenoxy) is 2. The van der Waals surface area contributed by atoms with Crippen LogP contribution in [0.3, 0.4) is 0 Å². The standard InChI is InChI=1S/C35H37FO3/c1-5-38-33(37)31-20-35(31)16-14-24-10-11-25(19-30(24)35)39-21-23-9-12-26(28-17-22(2)8-13-32(28)36)27(18-23)29-7-6-15-34(29,3)4/h7-13,17-19,31H,5-6,14-16,20-21H2,1-4H3/t31-,35-/m1/s1. The van der Waals surface area contributed by atoms with E-state index in [1.165, 1.54) is 16.7 Å². The predicted octanol–water partition coefficient (Wildman–Crippen LogP) is 8.35. The molecule has 1 saturated carbocycles. The normalized spacial score (nSPS) is 22.5. The van der Waals surface area contributed by atoms with Crippen LogP contribution in [0.2, 0.25) is 0 Å². The molecule has 0 unspecified atom stereocenters. The predicted molar refractivity (Wildman–Crippen MR) is 153 cm³/mol. The van der Waals surface area contributed by atoms with Crippen LogP contribution < -0.4 is 4.74 Å². The van der Waals surface area contributed by atoms with E-state index in [0.717, 1.165) is 60.1 Å². The zero-order chi connectivity index (χ0) is 27.4. The van der Waals surface area contributed by atoms with Crippen molar-refractivity contribution < 1.29 is 18.7 Å². The second-order valence-electron chi connectivity index (χ2n) is 12.2. The lowest BCUT2D eigenvalue weighted by Crippen LogP contribution is -2.15. The molecular formula is C35H37FO3. The summed E-state index contributed by atoms with van der Waals surface area (Å²) in [5.41, 5.74) is 8.56. The Balaban J connectivity index is 1.28. The number of hydrogen-bond acceptors (Lipinski definition) is 3. The zero-order valence-electron chi connectivity index (χ0n) is 23.4. The largest absolute Gasteiger partial charge is 0.489 e. The second-order valence-corrected chi connectivity index (χ2v) is 12.2. The van der Waals surface area contributed by atoms with E-state index >= 15 is 4.39 Å². The highest BCUT2D eigenvalue weighted by atomic mass is 19.1. The molecule has 0 heterocycles. The van der Waals surface area contributed by atoms with E-state index in [2.05, 4.69) is 44.2 Å². The molecule has 2 atom stereocenters. The number of aryl methyl sites for hydroxylation is 2. The number of hydrogen-bond donors (Lipinski definition) is 0. The molecule has 1 spiro atoms. The first-order chi connectivity index (χ1) is 18.7. The molecule has 0 saturated heterocycles. The van der Waals surface area contributed by atoms with Gasteiger partial charge < -0.3 is 9.47 Å². The highest BCUT2D eigenvalue weighted by molar-refractivity contribution is 5.85. The molecule has 4 heteroatoms. The number of rotatable bonds is 7. The highest BCUT2D eigenvalue weighted by Crippen LogP contribution is 2.62. The summed E-state index contributed by atoms with van der Waals surface area (Å²) in [7, 11) is 0. The summed E-state index contributed by atoms with van der Waals surface area (Å²) < 4.78 is 26.7. The van der Waals surface area contributed by atoms with Gasteiger partial charge >= 0.3 is 5.97 Å². The molecule has 39 heavy (non-hydrogen) atoms. The summed E-state index contributed by atoms with van der Waals surface area (Å²) in [5, 5.41) is 0. The molecule has 0 amide bonds. The average molecular weight is 525 g/mol. The average Bonchev–Trinajstić information content (AvgIpc) is 3.39. The van der Waals surface area contributed by atoms with Gasteiger partial charge in [-0.1, -0.05) is 49.8 Å². The molecule has 0 bridgehead atoms. The van der Waals surface area contributed by atoms with Crippen molar-refractivity contribution in [3.63, 3.8) is 0 Å². The fourth-order valence-electron chi connectivity index (χ4n) is 6.86. The summed E-state index contributed by atoms with van der Waals surface area (Å²) in [6, 6.07) is 17.9. The number of carbonyl (C=O) groups is 1. The third kappa shape index (κ3) is 4.58. The minimum absolute atomic E-state index is 0.0303. The molecule has 3 aromatic carbocycles. The number of fused-ring (bicyclic) bond motifs is 2. The van der Waals surface area contributed by atoms with Crippen molar-refractivity contribution in [2.45, 2.75) is 71.8 Å². The summed E-state index contributed by atoms with van der Waals surface area (Å²) in [6.45, 7) is 9.25. The van der Waals surface area contributed by atoms with Crippen LogP contribution in [0.4, 0.5) is 4.39 Å². The van der Waals surface area contributed by atoms with Crippen molar-refractivity contribution in [1.29, 1.82) is 0 Å². The second kappa shape index (κ2) is 9.66. The number of esters is 1. The number of allylic oxidation sites excluding steroid dienone is 2. The van der Waals surface area contributed by atoms with Gasteiger partial charge in [-0.15, -0.1) is 0 Å². The Bertz CT molecular complexity index is 1480. The highest BCUT2D eigenvalue weighted by Gasteiger charge is 2.62. The van der Waals surface area contributed by atoms with Crippen LogP contribution in [0, 0.1) is 24.1 Å². The van der Waals surface area contributed by atoms with Gasteiger partial charge in [-0.2, -0.15) is 0 Å². The number of carbonyl (C=O) groups excluding carboxylic acids is 1. The quantitative estimate of drug-likeness (QED) is 0.291. The Kier molecular flexibility index (Phi) is 6.40. The van der Waals surface area contributed by atoms with E-state index in [-0.39, 0.29) is 28.5 Å². The van der Waals surface area contributed by atoms with E-state index in [9.17, 15) is 4.79 Å². The molecule has 3 aliphatic rings. The maximum absolute atomic E-state index is 15.0. The van der Waals surface area contributed by atoms with E-state index in [1.54, 1.807) is 6.07 Å². The molecule has 0 radical (unpaired) electrons. The molecule has 0 aliphatic heterocycles. The van der Waals surface area contributed by atoms with E-state index in [0.29, 0.717) is 18.8 Å². The Morgan fingerprint density at radius 2 is 1.85 bits per heavy atom. The van der Waals surface area contributed by atoms with Crippen molar-refractivity contribution in [1.82, 2.24) is 0 Å². The van der Waals surface area contributed by atoms with Crippen LogP contribution in [0.5, 0.6) is 5.75 Å². The summed E-state index contributed by atoms with van der Waals surface area (Å²) in [4.78, 5) is 12.4. The van der Waals surface area contributed by atoms with Crippen LogP contribution in [0.1, 0.15) is 74.3 Å². The monoisotopic (exact) mass is 524 g/mol. The Morgan fingerprint density at radius 1 is 1.00 bits per heavy atom. The molecule has 202 valence electrons. The Hall–Kier alpha value is -3.40. The minimum atomic E-state index is -0.199. The van der Waals surface area contributed by atoms with E-state index in [4.69, 9.17) is 9.47 Å². The molecule has 3 aromatic rings. The van der Waals surface area contributed by atoms with Gasteiger partial charge in [-0.25, -0.2) is 4.39 Å². The molecule has 0 aromatic heterocycles. The lowest BCUT2D eigenvalue weighted by atomic mass is 9.79. The smallest absolute Gasteiger partial charge is 0.309 e. The first-order valence-electron chi connectivity index (χ1n) is 14.3. The number of halogens is 1. The van der Waals surface area contributed by atoms with Gasteiger partial charge in [0, 0.05) is 11.0 Å². The van der Waals surface area contributed by atoms with Crippen LogP contribution in [0.25, 0.3) is 16.7 Å². The van der Waals surface area contributed by atoms with E-state index in [1.807, 2.05) is 38.1 Å². The van der Waals surface area contributed by atoms with Crippen LogP contribution >= 0.6 is 0 Å². The van der Waals surface area contributed by atoms with Crippen LogP contribution in [-0.4, -0.2) is 12.6 Å². The topological polar surface area (TPSA) is 35.5 Å². The zero-order valence-corrected chi connectivity index (χ0v) is 23.4. The summed E-state index contributed by atoms with van der Waals surface area (Å²) >= 11 is 0. The van der Waals surface area contributed by atoms with Crippen molar-refractivity contribution in [2.75, 3.05) is 6.61 Å². The molecule has 3 aliphatic carbocycles. The molecule has 0 N–H and O–H groups in total. The molecular weight excluding hydrogens is 487 g/mol. The van der Waals surface area contributed by atoms with Gasteiger partial charge in [0.25, 0.3) is 0 Å². The van der Waals surface area contributed by atoms with Crippen molar-refractivity contribution in [3.8, 4) is 16.9 Å². The van der Waals surface area contributed by atoms with Gasteiger partial charge in [0.15, 0.2) is 0 Å². The fourth-order valence-corrected chi connectivity index (χ4v) is 6.86. The van der Waals surface area contributed by atoms with E-state index < -0.39 is 0 Å². The van der Waals surface area contributed by atoms with Gasteiger partial charge in [-0.3, -0.25) is 4.79 Å². The Morgan fingerprint density at radius 3 is 2.62 bits per heavy atom. The fraction of sp³-hybridized carbons (Fsp3) is 0.400. The van der Waals surface area contributed by atoms with Crippen LogP contribution in [-0.2, 0) is 28.0 Å². The molecule has 1 fully saturated rings. The maximum Gasteiger partial charge on any atom is 0.309 e. The summed E-state index contributed by atoms with van der Waals surface area (Å²) in [5.74, 6) is 0.517. The van der Waals surface area contributed by atoms with Gasteiger partial charge in [-0.05, 0) is 115 Å². The lowest BCUT2D eigenvalue weighted by molar-refractivity contribution is -0.145. The van der Waals surface area contributed by atoms with Crippen molar-refractivity contribution in [3.05, 3.63) is 94.3 Å². The van der Waals surface area contributed by atoms with Gasteiger partial charge in [0.05, 0.1) is 12.5 Å². The molecule has 6 rings (SSSR count). The first-order valence-corrected chi connectivity index (χ1v) is 14.3. The minimum Gasteiger partial charge on any atom is -0.489 e. The summed E-state index contributed by atoms with van der Waals surface area (Å²) in [6.07, 6.45) is 7.29. The van der Waals surface area contributed by atoms with Gasteiger partial charge in [0.1, 0.15) is 18.2 Å². The third-order valence-corrected chi connectivity index (χ3v) is 9.14. The van der Waals surface area contributed by atoms with Crippen molar-refractivity contribution >= 4 is 11.5 Å². The van der Waals surface area contributed by atoms with Gasteiger partial charge in [0.2, 0.25) is 0 Å². The van der Waals surface area contributed by atoms with Crippen LogP contribution in [0.15, 0.2) is 60.7 Å².